The van der Waals surface area contributed by atoms with Gasteiger partial charge < -0.3 is 19.9 Å². The molecule has 0 radical (unpaired) electrons. The zero-order valence-corrected chi connectivity index (χ0v) is 13.8. The van der Waals surface area contributed by atoms with Gasteiger partial charge in [0, 0.05) is 40.0 Å². The van der Waals surface area contributed by atoms with E-state index in [0.29, 0.717) is 24.8 Å². The molecule has 8 heteroatoms. The number of hydrogen-bond acceptors (Lipinski definition) is 6. The van der Waals surface area contributed by atoms with Crippen LogP contribution >= 0.6 is 0 Å². The fourth-order valence-corrected chi connectivity index (χ4v) is 2.44. The summed E-state index contributed by atoms with van der Waals surface area (Å²) in [6.45, 7) is 2.59. The lowest BCUT2D eigenvalue weighted by Gasteiger charge is -2.33. The van der Waals surface area contributed by atoms with Crippen LogP contribution in [0.5, 0.6) is 5.88 Å². The highest BCUT2D eigenvalue weighted by molar-refractivity contribution is 5.83. The van der Waals surface area contributed by atoms with Crippen LogP contribution in [0.3, 0.4) is 0 Å². The molecule has 2 heterocycles. The molecule has 1 aliphatic heterocycles. The first kappa shape index (κ1) is 17.0. The molecular weight excluding hydrogens is 298 g/mol. The maximum absolute atomic E-state index is 12.1. The monoisotopic (exact) mass is 321 g/mol. The highest BCUT2D eigenvalue weighted by Crippen LogP contribution is 2.24. The summed E-state index contributed by atoms with van der Waals surface area (Å²) in [6, 6.07) is 0. The van der Waals surface area contributed by atoms with E-state index in [1.807, 2.05) is 19.0 Å². The quantitative estimate of drug-likeness (QED) is 0.824. The summed E-state index contributed by atoms with van der Waals surface area (Å²) < 4.78 is 5.96. The molecule has 1 saturated heterocycles. The Labute approximate surface area is 135 Å². The van der Waals surface area contributed by atoms with Crippen molar-refractivity contribution in [1.82, 2.24) is 20.2 Å². The molecular formula is C15H23N5O3. The predicted octanol–water partition coefficient (Wildman–Crippen LogP) is 0.0485. The molecule has 126 valence electrons. The second-order valence-electron chi connectivity index (χ2n) is 5.71. The summed E-state index contributed by atoms with van der Waals surface area (Å²) in [5.41, 5.74) is 0. The van der Waals surface area contributed by atoms with Crippen molar-refractivity contribution in [3.63, 3.8) is 0 Å². The molecule has 1 aliphatic rings. The van der Waals surface area contributed by atoms with Gasteiger partial charge in [0.1, 0.15) is 6.10 Å². The minimum absolute atomic E-state index is 0.0240. The third kappa shape index (κ3) is 4.80. The minimum Gasteiger partial charge on any atom is -0.470 e. The first-order valence-corrected chi connectivity index (χ1v) is 7.64. The van der Waals surface area contributed by atoms with Crippen molar-refractivity contribution in [2.24, 2.45) is 0 Å². The number of piperidine rings is 1. The van der Waals surface area contributed by atoms with Gasteiger partial charge in [-0.15, -0.1) is 0 Å². The molecule has 1 atom stereocenters. The molecule has 0 aromatic carbocycles. The Morgan fingerprint density at radius 2 is 2.13 bits per heavy atom. The van der Waals surface area contributed by atoms with Gasteiger partial charge in [0.15, 0.2) is 5.82 Å². The number of carbonyl (C=O) groups excluding carboxylic acids is 2. The zero-order valence-electron chi connectivity index (χ0n) is 13.8. The third-order valence-corrected chi connectivity index (χ3v) is 3.57. The number of amides is 2. The van der Waals surface area contributed by atoms with Gasteiger partial charge in [0.05, 0.1) is 13.1 Å². The van der Waals surface area contributed by atoms with E-state index < -0.39 is 0 Å². The van der Waals surface area contributed by atoms with Gasteiger partial charge in [-0.05, 0) is 12.8 Å². The van der Waals surface area contributed by atoms with Crippen LogP contribution < -0.4 is 15.0 Å². The maximum Gasteiger partial charge on any atom is 0.257 e. The van der Waals surface area contributed by atoms with Crippen LogP contribution in [-0.2, 0) is 9.59 Å². The Morgan fingerprint density at radius 1 is 1.39 bits per heavy atom. The Morgan fingerprint density at radius 3 is 2.83 bits per heavy atom. The van der Waals surface area contributed by atoms with E-state index in [4.69, 9.17) is 4.74 Å². The van der Waals surface area contributed by atoms with Crippen LogP contribution in [0.4, 0.5) is 5.82 Å². The van der Waals surface area contributed by atoms with Crippen molar-refractivity contribution in [3.05, 3.63) is 12.4 Å². The van der Waals surface area contributed by atoms with Gasteiger partial charge in [0.2, 0.25) is 11.8 Å². The molecule has 0 saturated carbocycles. The molecule has 23 heavy (non-hydrogen) atoms. The molecule has 0 bridgehead atoms. The van der Waals surface area contributed by atoms with Crippen molar-refractivity contribution in [2.45, 2.75) is 25.9 Å². The summed E-state index contributed by atoms with van der Waals surface area (Å²) in [6.07, 6.45) is 4.79. The number of likely N-dealkylation sites (tertiary alicyclic amines) is 1. The molecule has 1 aromatic rings. The zero-order chi connectivity index (χ0) is 16.8. The van der Waals surface area contributed by atoms with Crippen LogP contribution in [0.15, 0.2) is 12.4 Å². The number of anilines is 1. The lowest BCUT2D eigenvalue weighted by Crippen LogP contribution is -2.47. The normalized spacial score (nSPS) is 17.5. The summed E-state index contributed by atoms with van der Waals surface area (Å²) in [5.74, 6) is 0.826. The van der Waals surface area contributed by atoms with Gasteiger partial charge in [-0.25, -0.2) is 9.97 Å². The lowest BCUT2D eigenvalue weighted by molar-refractivity contribution is -0.134. The van der Waals surface area contributed by atoms with Crippen LogP contribution in [0.25, 0.3) is 0 Å². The summed E-state index contributed by atoms with van der Waals surface area (Å²) in [7, 11) is 3.75. The van der Waals surface area contributed by atoms with Crippen LogP contribution in [0.2, 0.25) is 0 Å². The molecule has 8 nitrogen and oxygen atoms in total. The number of hydrogen-bond donors (Lipinski definition) is 1. The van der Waals surface area contributed by atoms with Gasteiger partial charge in [0.25, 0.3) is 5.88 Å². The Hall–Kier alpha value is -2.38. The summed E-state index contributed by atoms with van der Waals surface area (Å²) in [5, 5.41) is 2.53. The van der Waals surface area contributed by atoms with E-state index in [2.05, 4.69) is 15.3 Å². The topological polar surface area (TPSA) is 87.7 Å². The number of nitrogens with zero attached hydrogens (tertiary/aromatic N) is 4. The van der Waals surface area contributed by atoms with Crippen LogP contribution in [-0.4, -0.2) is 66.5 Å². The number of rotatable bonds is 5. The van der Waals surface area contributed by atoms with E-state index in [1.165, 1.54) is 6.92 Å². The van der Waals surface area contributed by atoms with E-state index >= 15 is 0 Å². The highest BCUT2D eigenvalue weighted by Gasteiger charge is 2.26. The molecule has 1 aromatic heterocycles. The molecule has 0 unspecified atom stereocenters. The Kier molecular flexibility index (Phi) is 5.72. The highest BCUT2D eigenvalue weighted by atomic mass is 16.5. The van der Waals surface area contributed by atoms with Crippen molar-refractivity contribution < 1.29 is 14.3 Å². The number of aromatic nitrogens is 2. The second kappa shape index (κ2) is 7.75. The average Bonchev–Trinajstić information content (AvgIpc) is 2.53. The van der Waals surface area contributed by atoms with Gasteiger partial charge in [-0.1, -0.05) is 0 Å². The molecule has 2 amide bonds. The average molecular weight is 321 g/mol. The van der Waals surface area contributed by atoms with Crippen molar-refractivity contribution in [2.75, 3.05) is 38.6 Å². The molecule has 1 N–H and O–H groups in total. The van der Waals surface area contributed by atoms with Gasteiger partial charge in [-0.2, -0.15) is 0 Å². The van der Waals surface area contributed by atoms with Gasteiger partial charge in [-0.3, -0.25) is 9.59 Å². The summed E-state index contributed by atoms with van der Waals surface area (Å²) in [4.78, 5) is 35.1. The van der Waals surface area contributed by atoms with Gasteiger partial charge >= 0.3 is 0 Å². The second-order valence-corrected chi connectivity index (χ2v) is 5.71. The maximum atomic E-state index is 12.1. The molecule has 2 rings (SSSR count). The summed E-state index contributed by atoms with van der Waals surface area (Å²) >= 11 is 0. The molecule has 0 spiro atoms. The van der Waals surface area contributed by atoms with E-state index in [9.17, 15) is 9.59 Å². The lowest BCUT2D eigenvalue weighted by atomic mass is 10.1. The van der Waals surface area contributed by atoms with E-state index in [1.54, 1.807) is 17.3 Å². The minimum atomic E-state index is -0.210. The van der Waals surface area contributed by atoms with Crippen LogP contribution in [0, 0.1) is 0 Å². The Balaban J connectivity index is 1.96. The number of ether oxygens (including phenoxy) is 1. The largest absolute Gasteiger partial charge is 0.470 e. The number of carbonyl (C=O) groups is 2. The third-order valence-electron chi connectivity index (χ3n) is 3.57. The van der Waals surface area contributed by atoms with Crippen LogP contribution in [0.1, 0.15) is 19.8 Å². The molecule has 0 aliphatic carbocycles. The molecule has 1 fully saturated rings. The predicted molar refractivity (Wildman–Crippen MR) is 85.3 cm³/mol. The smallest absolute Gasteiger partial charge is 0.257 e. The van der Waals surface area contributed by atoms with E-state index in [0.717, 1.165) is 12.8 Å². The first-order valence-electron chi connectivity index (χ1n) is 7.64. The Bertz CT molecular complexity index is 564. The fourth-order valence-electron chi connectivity index (χ4n) is 2.44. The van der Waals surface area contributed by atoms with Crippen molar-refractivity contribution in [3.8, 4) is 5.88 Å². The number of nitrogens with one attached hydrogen (secondary N) is 1. The first-order chi connectivity index (χ1) is 11.0. The SMILES string of the molecule is CC(=O)NCC(=O)N1CCC[C@H](Oc2nccnc2N(C)C)C1. The van der Waals surface area contributed by atoms with Crippen molar-refractivity contribution in [1.29, 1.82) is 0 Å². The van der Waals surface area contributed by atoms with Crippen molar-refractivity contribution >= 4 is 17.6 Å². The van der Waals surface area contributed by atoms with E-state index in [-0.39, 0.29) is 24.5 Å². The standard InChI is InChI=1S/C15H23N5O3/c1-11(21)18-9-13(22)20-8-4-5-12(10-20)23-15-14(19(2)3)16-6-7-17-15/h6-7,12H,4-5,8-10H2,1-3H3,(H,18,21)/t12-/m0/s1. The fraction of sp³-hybridized carbons (Fsp3) is 0.600.